The van der Waals surface area contributed by atoms with Crippen molar-refractivity contribution in [3.05, 3.63) is 24.3 Å². The minimum atomic E-state index is -0.0919. The Morgan fingerprint density at radius 3 is 2.32 bits per heavy atom. The molecule has 2 spiro atoms. The molecule has 5 saturated carbocycles. The molecule has 5 fully saturated rings. The minimum absolute atomic E-state index is 0.0919. The van der Waals surface area contributed by atoms with Crippen LogP contribution in [-0.4, -0.2) is 11.2 Å². The smallest absolute Gasteiger partial charge is 0.0594 e. The van der Waals surface area contributed by atoms with Gasteiger partial charge in [-0.3, -0.25) is 0 Å². The van der Waals surface area contributed by atoms with E-state index in [0.717, 1.165) is 30.1 Å². The lowest BCUT2D eigenvalue weighted by Gasteiger charge is -2.63. The van der Waals surface area contributed by atoms with Gasteiger partial charge in [-0.15, -0.1) is 0 Å². The first-order valence-corrected chi connectivity index (χ1v) is 13.4. The SMILES string of the molecule is C=C(C)/C=C/C[C@@H](C)[C@H]1CC[C@@]2(C)[C@@H]3CC[C@H]4C(C)(C)[C@@H](O)CC[C@@]45C[C@@]35CC[C@]12C. The van der Waals surface area contributed by atoms with E-state index in [1.807, 2.05) is 0 Å². The first-order valence-electron chi connectivity index (χ1n) is 13.4. The van der Waals surface area contributed by atoms with E-state index in [-0.39, 0.29) is 11.5 Å². The zero-order chi connectivity index (χ0) is 22.4. The largest absolute Gasteiger partial charge is 0.393 e. The number of hydrogen-bond acceptors (Lipinski definition) is 1. The highest BCUT2D eigenvalue weighted by Gasteiger charge is 2.82. The molecule has 174 valence electrons. The Kier molecular flexibility index (Phi) is 4.84. The molecular weight excluding hydrogens is 376 g/mol. The summed E-state index contributed by atoms with van der Waals surface area (Å²) in [5.74, 6) is 3.30. The van der Waals surface area contributed by atoms with Crippen molar-refractivity contribution < 1.29 is 5.11 Å². The van der Waals surface area contributed by atoms with Gasteiger partial charge in [0.1, 0.15) is 0 Å². The van der Waals surface area contributed by atoms with Gasteiger partial charge < -0.3 is 5.11 Å². The van der Waals surface area contributed by atoms with E-state index >= 15 is 0 Å². The standard InChI is InChI=1S/C30H48O/c1-20(2)9-8-10-21(3)22-13-15-28(7)24-12-11-23-26(4,5)25(31)14-16-29(23)19-30(24,29)18-17-27(22,28)6/h8-9,21-25,31H,1,10-19H2,2-7H3/b9-8+/t21-,22-,23+,24+,25+,27-,28+,29-,30+/m1/s1. The topological polar surface area (TPSA) is 20.2 Å². The molecule has 0 saturated heterocycles. The average Bonchev–Trinajstić information content (AvgIpc) is 3.27. The number of allylic oxidation sites excluding steroid dienone is 3. The van der Waals surface area contributed by atoms with Crippen LogP contribution in [-0.2, 0) is 0 Å². The summed E-state index contributed by atoms with van der Waals surface area (Å²) < 4.78 is 0. The maximum absolute atomic E-state index is 10.8. The van der Waals surface area contributed by atoms with Gasteiger partial charge in [0, 0.05) is 0 Å². The van der Waals surface area contributed by atoms with Crippen LogP contribution >= 0.6 is 0 Å². The van der Waals surface area contributed by atoms with Crippen molar-refractivity contribution >= 4 is 0 Å². The van der Waals surface area contributed by atoms with E-state index in [0.29, 0.717) is 21.7 Å². The fraction of sp³-hybridized carbons (Fsp3) is 0.867. The van der Waals surface area contributed by atoms with Gasteiger partial charge in [0.15, 0.2) is 0 Å². The van der Waals surface area contributed by atoms with Gasteiger partial charge in [0.05, 0.1) is 6.10 Å². The normalized spacial score (nSPS) is 53.3. The lowest BCUT2D eigenvalue weighted by Crippen LogP contribution is -2.57. The van der Waals surface area contributed by atoms with Crippen LogP contribution in [0.3, 0.4) is 0 Å². The number of fused-ring (bicyclic) bond motifs is 2. The molecule has 0 aliphatic heterocycles. The zero-order valence-corrected chi connectivity index (χ0v) is 21.3. The van der Waals surface area contributed by atoms with E-state index < -0.39 is 0 Å². The van der Waals surface area contributed by atoms with Crippen LogP contribution in [0, 0.1) is 50.7 Å². The number of hydrogen-bond donors (Lipinski definition) is 1. The fourth-order valence-electron chi connectivity index (χ4n) is 10.9. The third kappa shape index (κ3) is 2.65. The summed E-state index contributed by atoms with van der Waals surface area (Å²) in [5.41, 5.74) is 3.47. The van der Waals surface area contributed by atoms with Gasteiger partial charge >= 0.3 is 0 Å². The second-order valence-corrected chi connectivity index (χ2v) is 14.0. The van der Waals surface area contributed by atoms with Crippen molar-refractivity contribution in [2.75, 3.05) is 0 Å². The van der Waals surface area contributed by atoms with Crippen molar-refractivity contribution in [3.63, 3.8) is 0 Å². The third-order valence-electron chi connectivity index (χ3n) is 12.8. The summed E-state index contributed by atoms with van der Waals surface area (Å²) in [6, 6.07) is 0. The van der Waals surface area contributed by atoms with Gasteiger partial charge in [-0.2, -0.15) is 0 Å². The zero-order valence-electron chi connectivity index (χ0n) is 21.3. The van der Waals surface area contributed by atoms with Crippen LogP contribution in [0.5, 0.6) is 0 Å². The fourth-order valence-corrected chi connectivity index (χ4v) is 10.9. The quantitative estimate of drug-likeness (QED) is 0.454. The molecule has 0 bridgehead atoms. The molecule has 5 aliphatic rings. The molecule has 0 unspecified atom stereocenters. The Hall–Kier alpha value is -0.560. The predicted octanol–water partition coefficient (Wildman–Crippen LogP) is 7.94. The van der Waals surface area contributed by atoms with Crippen molar-refractivity contribution in [3.8, 4) is 0 Å². The van der Waals surface area contributed by atoms with E-state index in [4.69, 9.17) is 0 Å². The lowest BCUT2D eigenvalue weighted by molar-refractivity contribution is -0.161. The molecule has 5 rings (SSSR count). The summed E-state index contributed by atoms with van der Waals surface area (Å²) in [6.45, 7) is 18.9. The van der Waals surface area contributed by atoms with Crippen molar-refractivity contribution in [2.24, 2.45) is 50.7 Å². The molecule has 9 atom stereocenters. The molecule has 31 heavy (non-hydrogen) atoms. The van der Waals surface area contributed by atoms with Crippen LogP contribution < -0.4 is 0 Å². The van der Waals surface area contributed by atoms with Crippen LogP contribution in [0.2, 0.25) is 0 Å². The summed E-state index contributed by atoms with van der Waals surface area (Å²) in [7, 11) is 0. The molecule has 1 heteroatoms. The Balaban J connectivity index is 1.42. The van der Waals surface area contributed by atoms with Gasteiger partial charge in [0.25, 0.3) is 0 Å². The summed E-state index contributed by atoms with van der Waals surface area (Å²) in [5, 5.41) is 10.8. The number of rotatable bonds is 4. The van der Waals surface area contributed by atoms with Crippen LogP contribution in [0.25, 0.3) is 0 Å². The van der Waals surface area contributed by atoms with Gasteiger partial charge in [-0.1, -0.05) is 58.9 Å². The van der Waals surface area contributed by atoms with Gasteiger partial charge in [-0.05, 0) is 122 Å². The van der Waals surface area contributed by atoms with Crippen LogP contribution in [0.4, 0.5) is 0 Å². The molecule has 0 aromatic heterocycles. The Bertz CT molecular complexity index is 792. The second kappa shape index (κ2) is 6.74. The summed E-state index contributed by atoms with van der Waals surface area (Å²) in [4.78, 5) is 0. The van der Waals surface area contributed by atoms with Crippen molar-refractivity contribution in [1.82, 2.24) is 0 Å². The van der Waals surface area contributed by atoms with E-state index in [9.17, 15) is 5.11 Å². The molecule has 0 radical (unpaired) electrons. The molecule has 5 aliphatic carbocycles. The Morgan fingerprint density at radius 2 is 1.61 bits per heavy atom. The van der Waals surface area contributed by atoms with Gasteiger partial charge in [0.2, 0.25) is 0 Å². The highest BCUT2D eigenvalue weighted by atomic mass is 16.3. The van der Waals surface area contributed by atoms with Crippen LogP contribution in [0.15, 0.2) is 24.3 Å². The maximum atomic E-state index is 10.8. The summed E-state index contributed by atoms with van der Waals surface area (Å²) >= 11 is 0. The van der Waals surface area contributed by atoms with E-state index in [1.54, 1.807) is 0 Å². The van der Waals surface area contributed by atoms with Gasteiger partial charge in [-0.25, -0.2) is 0 Å². The Morgan fingerprint density at radius 1 is 0.935 bits per heavy atom. The third-order valence-corrected chi connectivity index (χ3v) is 12.8. The Labute approximate surface area is 192 Å². The molecule has 0 aromatic carbocycles. The molecule has 0 aromatic rings. The van der Waals surface area contributed by atoms with Crippen molar-refractivity contribution in [1.29, 1.82) is 0 Å². The number of aliphatic hydroxyl groups excluding tert-OH is 1. The predicted molar refractivity (Wildman–Crippen MR) is 131 cm³/mol. The molecule has 1 N–H and O–H groups in total. The van der Waals surface area contributed by atoms with Crippen LogP contribution in [0.1, 0.15) is 106 Å². The average molecular weight is 425 g/mol. The highest BCUT2D eigenvalue weighted by molar-refractivity contribution is 5.30. The first-order chi connectivity index (χ1) is 14.4. The molecular formula is C30H48O. The maximum Gasteiger partial charge on any atom is 0.0594 e. The first kappa shape index (κ1) is 22.2. The monoisotopic (exact) mass is 424 g/mol. The number of aliphatic hydroxyl groups is 1. The van der Waals surface area contributed by atoms with E-state index in [1.165, 1.54) is 63.4 Å². The lowest BCUT2D eigenvalue weighted by atomic mass is 9.42. The molecule has 0 heterocycles. The second-order valence-electron chi connectivity index (χ2n) is 14.0. The van der Waals surface area contributed by atoms with Crippen molar-refractivity contribution in [2.45, 2.75) is 112 Å². The molecule has 1 nitrogen and oxygen atoms in total. The molecule has 0 amide bonds. The minimum Gasteiger partial charge on any atom is -0.393 e. The van der Waals surface area contributed by atoms with E-state index in [2.05, 4.69) is 60.3 Å². The highest BCUT2D eigenvalue weighted by Crippen LogP contribution is 2.89. The summed E-state index contributed by atoms with van der Waals surface area (Å²) in [6.07, 6.45) is 18.1.